The van der Waals surface area contributed by atoms with E-state index in [0.29, 0.717) is 6.10 Å². The normalized spacial score (nSPS) is 28.9. The van der Waals surface area contributed by atoms with E-state index in [4.69, 9.17) is 14.6 Å². The molecule has 1 aliphatic carbocycles. The van der Waals surface area contributed by atoms with E-state index in [2.05, 4.69) is 16.9 Å². The lowest BCUT2D eigenvalue weighted by molar-refractivity contribution is 0.110. The molecule has 100 valence electrons. The molecule has 2 saturated heterocycles. The number of aromatic nitrogens is 2. The maximum absolute atomic E-state index is 5.72. The van der Waals surface area contributed by atoms with Gasteiger partial charge in [-0.05, 0) is 26.0 Å². The average Bonchev–Trinajstić information content (AvgIpc) is 2.99. The van der Waals surface area contributed by atoms with Gasteiger partial charge in [0.15, 0.2) is 0 Å². The quantitative estimate of drug-likeness (QED) is 0.849. The molecule has 0 unspecified atom stereocenters. The summed E-state index contributed by atoms with van der Waals surface area (Å²) < 4.78 is 13.5. The van der Waals surface area contributed by atoms with Crippen molar-refractivity contribution >= 4 is 10.9 Å². The lowest BCUT2D eigenvalue weighted by atomic mass is 9.78. The van der Waals surface area contributed by atoms with E-state index in [1.165, 1.54) is 5.39 Å². The molecule has 0 N–H and O–H groups in total. The summed E-state index contributed by atoms with van der Waals surface area (Å²) in [5, 5.41) is 5.90. The smallest absolute Gasteiger partial charge is 0.121 e. The van der Waals surface area contributed by atoms with Gasteiger partial charge in [-0.1, -0.05) is 0 Å². The highest BCUT2D eigenvalue weighted by atomic mass is 16.5. The van der Waals surface area contributed by atoms with E-state index in [0.717, 1.165) is 30.7 Å². The highest BCUT2D eigenvalue weighted by molar-refractivity contribution is 5.79. The van der Waals surface area contributed by atoms with Gasteiger partial charge in [-0.25, -0.2) is 0 Å². The first-order valence-corrected chi connectivity index (χ1v) is 6.93. The first-order valence-electron chi connectivity index (χ1n) is 6.93. The second-order valence-electron chi connectivity index (χ2n) is 6.03. The highest BCUT2D eigenvalue weighted by Gasteiger charge is 2.54. The zero-order valence-electron chi connectivity index (χ0n) is 11.3. The van der Waals surface area contributed by atoms with Crippen LogP contribution in [0.2, 0.25) is 0 Å². The molecule has 5 rings (SSSR count). The summed E-state index contributed by atoms with van der Waals surface area (Å²) in [5.74, 6) is 0.888. The molecule has 2 aromatic rings. The van der Waals surface area contributed by atoms with Gasteiger partial charge in [0.25, 0.3) is 0 Å². The third kappa shape index (κ3) is 1.66. The van der Waals surface area contributed by atoms with E-state index in [1.807, 2.05) is 26.0 Å². The summed E-state index contributed by atoms with van der Waals surface area (Å²) in [7, 11) is 0. The van der Waals surface area contributed by atoms with Crippen LogP contribution < -0.4 is 4.74 Å². The molecule has 3 heterocycles. The summed E-state index contributed by atoms with van der Waals surface area (Å²) in [6, 6.07) is 6.12. The van der Waals surface area contributed by atoms with Crippen molar-refractivity contribution in [3.8, 4) is 5.75 Å². The van der Waals surface area contributed by atoms with Crippen LogP contribution in [0.4, 0.5) is 0 Å². The van der Waals surface area contributed by atoms with Crippen LogP contribution in [0.15, 0.2) is 24.4 Å². The third-order valence-electron chi connectivity index (χ3n) is 4.14. The van der Waals surface area contributed by atoms with Crippen molar-refractivity contribution in [3.63, 3.8) is 0 Å². The highest BCUT2D eigenvalue weighted by Crippen LogP contribution is 2.48. The van der Waals surface area contributed by atoms with Crippen molar-refractivity contribution in [2.75, 3.05) is 6.61 Å². The molecule has 1 saturated carbocycles. The number of fused-ring (bicyclic) bond motifs is 2. The topological polar surface area (TPSA) is 36.3 Å². The van der Waals surface area contributed by atoms with Crippen LogP contribution in [-0.4, -0.2) is 28.6 Å². The molecule has 0 amide bonds. The number of rotatable bonds is 3. The monoisotopic (exact) mass is 258 g/mol. The van der Waals surface area contributed by atoms with E-state index >= 15 is 0 Å². The van der Waals surface area contributed by atoms with E-state index in [9.17, 15) is 0 Å². The second kappa shape index (κ2) is 3.73. The van der Waals surface area contributed by atoms with Gasteiger partial charge in [0, 0.05) is 30.5 Å². The molecule has 4 heteroatoms. The summed E-state index contributed by atoms with van der Waals surface area (Å²) in [6.07, 6.45) is 5.01. The number of hydrogen-bond donors (Lipinski definition) is 0. The minimum Gasteiger partial charge on any atom is -0.491 e. The van der Waals surface area contributed by atoms with Crippen LogP contribution in [0.25, 0.3) is 10.9 Å². The van der Waals surface area contributed by atoms with Gasteiger partial charge < -0.3 is 9.47 Å². The Morgan fingerprint density at radius 1 is 1.42 bits per heavy atom. The summed E-state index contributed by atoms with van der Waals surface area (Å²) in [4.78, 5) is 0. The first-order chi connectivity index (χ1) is 9.14. The molecule has 0 radical (unpaired) electrons. The number of ether oxygens (including phenoxy) is 2. The molecule has 1 aromatic heterocycles. The summed E-state index contributed by atoms with van der Waals surface area (Å²) in [6.45, 7) is 4.87. The molecule has 2 aliphatic heterocycles. The Morgan fingerprint density at radius 2 is 2.26 bits per heavy atom. The Hall–Kier alpha value is -1.55. The fourth-order valence-corrected chi connectivity index (χ4v) is 3.13. The Bertz CT molecular complexity index is 621. The lowest BCUT2D eigenvalue weighted by Crippen LogP contribution is -2.43. The van der Waals surface area contributed by atoms with Gasteiger partial charge >= 0.3 is 0 Å². The van der Waals surface area contributed by atoms with Crippen LogP contribution in [0, 0.1) is 0 Å². The lowest BCUT2D eigenvalue weighted by Gasteiger charge is -2.35. The molecule has 0 atom stereocenters. The number of nitrogens with zero attached hydrogens (tertiary/aromatic N) is 2. The minimum atomic E-state index is 0.128. The summed E-state index contributed by atoms with van der Waals surface area (Å²) in [5.41, 5.74) is 1.13. The molecule has 2 bridgehead atoms. The molecule has 3 fully saturated rings. The van der Waals surface area contributed by atoms with E-state index in [-0.39, 0.29) is 11.6 Å². The van der Waals surface area contributed by atoms with Crippen LogP contribution in [-0.2, 0) is 10.3 Å². The SMILES string of the molecule is CC(C)Oc1ccc2cn(C34COC(C3)C4)nc2c1. The van der Waals surface area contributed by atoms with Crippen molar-refractivity contribution < 1.29 is 9.47 Å². The van der Waals surface area contributed by atoms with Crippen molar-refractivity contribution in [2.45, 2.75) is 44.4 Å². The Morgan fingerprint density at radius 3 is 2.95 bits per heavy atom. The van der Waals surface area contributed by atoms with Crippen LogP contribution >= 0.6 is 0 Å². The molecule has 19 heavy (non-hydrogen) atoms. The van der Waals surface area contributed by atoms with Crippen LogP contribution in [0.1, 0.15) is 26.7 Å². The zero-order valence-corrected chi connectivity index (χ0v) is 11.3. The van der Waals surface area contributed by atoms with Gasteiger partial charge in [0.2, 0.25) is 0 Å². The third-order valence-corrected chi connectivity index (χ3v) is 4.14. The first kappa shape index (κ1) is 11.3. The second-order valence-corrected chi connectivity index (χ2v) is 6.03. The van der Waals surface area contributed by atoms with Crippen LogP contribution in [0.3, 0.4) is 0 Å². The molecular weight excluding hydrogens is 240 g/mol. The molecule has 3 aliphatic rings. The molecule has 0 spiro atoms. The molecule has 4 nitrogen and oxygen atoms in total. The maximum Gasteiger partial charge on any atom is 0.121 e. The fourth-order valence-electron chi connectivity index (χ4n) is 3.13. The number of benzene rings is 1. The van der Waals surface area contributed by atoms with Gasteiger partial charge in [0.1, 0.15) is 5.75 Å². The minimum absolute atomic E-state index is 0.128. The largest absolute Gasteiger partial charge is 0.491 e. The predicted octanol–water partition coefficient (Wildman–Crippen LogP) is 2.71. The fraction of sp³-hybridized carbons (Fsp3) is 0.533. The average molecular weight is 258 g/mol. The van der Waals surface area contributed by atoms with Gasteiger partial charge in [-0.15, -0.1) is 0 Å². The maximum atomic E-state index is 5.72. The number of hydrogen-bond acceptors (Lipinski definition) is 3. The Kier molecular flexibility index (Phi) is 2.22. The van der Waals surface area contributed by atoms with Crippen LogP contribution in [0.5, 0.6) is 5.75 Å². The van der Waals surface area contributed by atoms with Crippen molar-refractivity contribution in [2.24, 2.45) is 0 Å². The van der Waals surface area contributed by atoms with Crippen molar-refractivity contribution in [1.82, 2.24) is 9.78 Å². The van der Waals surface area contributed by atoms with Gasteiger partial charge in [0.05, 0.1) is 29.9 Å². The predicted molar refractivity (Wildman–Crippen MR) is 72.4 cm³/mol. The van der Waals surface area contributed by atoms with Crippen molar-refractivity contribution in [1.29, 1.82) is 0 Å². The van der Waals surface area contributed by atoms with E-state index in [1.54, 1.807) is 0 Å². The standard InChI is InChI=1S/C15H18N2O2/c1-10(2)19-12-4-3-11-8-17(16-14(11)5-12)15-6-13(7-15)18-9-15/h3-5,8,10,13H,6-7,9H2,1-2H3. The van der Waals surface area contributed by atoms with E-state index < -0.39 is 0 Å². The Labute approximate surface area is 112 Å². The molecule has 1 aromatic carbocycles. The van der Waals surface area contributed by atoms with Gasteiger partial charge in [-0.2, -0.15) is 5.10 Å². The van der Waals surface area contributed by atoms with Gasteiger partial charge in [-0.3, -0.25) is 4.68 Å². The zero-order chi connectivity index (χ0) is 13.0. The Balaban J connectivity index is 1.71. The molecular formula is C15H18N2O2. The van der Waals surface area contributed by atoms with Crippen molar-refractivity contribution in [3.05, 3.63) is 24.4 Å². The summed E-state index contributed by atoms with van der Waals surface area (Å²) >= 11 is 0.